The number of unbranched alkanes of at least 4 members (excludes halogenated alkanes) is 3. The summed E-state index contributed by atoms with van der Waals surface area (Å²) in [6.45, 7) is 6.13. The maximum absolute atomic E-state index is 11.2. The number of anilines is 1. The fourth-order valence-electron chi connectivity index (χ4n) is 4.47. The summed E-state index contributed by atoms with van der Waals surface area (Å²) in [6, 6.07) is 17.1. The number of hydrogen-bond acceptors (Lipinski definition) is 5. The molecule has 4 rings (SSSR count). The van der Waals surface area contributed by atoms with Crippen LogP contribution < -0.4 is 10.4 Å². The minimum Gasteiger partial charge on any atom is -0.355 e. The largest absolute Gasteiger partial charge is 0.355 e. The lowest BCUT2D eigenvalue weighted by Crippen LogP contribution is -2.32. The number of aryl methyl sites for hydroxylation is 3. The van der Waals surface area contributed by atoms with Crippen molar-refractivity contribution in [2.45, 2.75) is 58.8 Å². The number of rotatable bonds is 9. The lowest BCUT2D eigenvalue weighted by Gasteiger charge is -2.30. The first-order valence-electron chi connectivity index (χ1n) is 12.3. The first-order chi connectivity index (χ1) is 16.5. The fourth-order valence-corrected chi connectivity index (χ4v) is 4.47. The number of hydroxylamine groups is 1. The zero-order chi connectivity index (χ0) is 23.9. The minimum atomic E-state index is -0.312. The van der Waals surface area contributed by atoms with Crippen molar-refractivity contribution in [2.75, 3.05) is 18.0 Å². The molecule has 0 saturated carbocycles. The molecule has 0 spiro atoms. The second-order valence-corrected chi connectivity index (χ2v) is 9.21. The van der Waals surface area contributed by atoms with Crippen LogP contribution in [0.2, 0.25) is 0 Å². The van der Waals surface area contributed by atoms with Crippen LogP contribution >= 0.6 is 0 Å². The summed E-state index contributed by atoms with van der Waals surface area (Å²) in [4.78, 5) is 23.9. The zero-order valence-electron chi connectivity index (χ0n) is 20.2. The van der Waals surface area contributed by atoms with Crippen molar-refractivity contribution in [2.24, 2.45) is 0 Å². The molecular weight excluding hydrogens is 424 g/mol. The molecule has 0 bridgehead atoms. The molecule has 1 aliphatic heterocycles. The Hall–Kier alpha value is -3.25. The zero-order valence-corrected chi connectivity index (χ0v) is 20.2. The van der Waals surface area contributed by atoms with Gasteiger partial charge in [0.05, 0.1) is 17.1 Å². The molecule has 1 amide bonds. The molecule has 0 saturated heterocycles. The van der Waals surface area contributed by atoms with E-state index in [-0.39, 0.29) is 5.91 Å². The summed E-state index contributed by atoms with van der Waals surface area (Å²) in [5, 5.41) is 8.60. The Balaban J connectivity index is 1.57. The number of hydrogen-bond donors (Lipinski definition) is 2. The third-order valence-corrected chi connectivity index (χ3v) is 6.44. The maximum Gasteiger partial charge on any atom is 0.243 e. The Morgan fingerprint density at radius 1 is 0.882 bits per heavy atom. The van der Waals surface area contributed by atoms with Crippen molar-refractivity contribution in [3.05, 3.63) is 65.4 Å². The highest BCUT2D eigenvalue weighted by molar-refractivity contribution is 5.80. The second kappa shape index (κ2) is 11.3. The van der Waals surface area contributed by atoms with E-state index >= 15 is 0 Å². The molecule has 2 aromatic carbocycles. The van der Waals surface area contributed by atoms with E-state index in [2.05, 4.69) is 67.3 Å². The number of nitrogens with one attached hydrogen (secondary N) is 1. The van der Waals surface area contributed by atoms with Gasteiger partial charge in [-0.1, -0.05) is 72.5 Å². The lowest BCUT2D eigenvalue weighted by atomic mass is 10.0. The molecule has 0 unspecified atom stereocenters. The highest BCUT2D eigenvalue weighted by Gasteiger charge is 2.23. The monoisotopic (exact) mass is 458 g/mol. The number of nitrogens with zero attached hydrogens (tertiary/aromatic N) is 3. The van der Waals surface area contributed by atoms with Gasteiger partial charge in [0.15, 0.2) is 5.82 Å². The summed E-state index contributed by atoms with van der Waals surface area (Å²) < 4.78 is 0. The summed E-state index contributed by atoms with van der Waals surface area (Å²) in [5.74, 6) is 0.700. The van der Waals surface area contributed by atoms with E-state index in [0.29, 0.717) is 6.42 Å². The van der Waals surface area contributed by atoms with Crippen LogP contribution in [0.4, 0.5) is 5.82 Å². The molecule has 1 aromatic heterocycles. The van der Waals surface area contributed by atoms with Gasteiger partial charge in [-0.15, -0.1) is 0 Å². The summed E-state index contributed by atoms with van der Waals surface area (Å²) in [7, 11) is 0. The van der Waals surface area contributed by atoms with Crippen LogP contribution in [0.15, 0.2) is 48.5 Å². The smallest absolute Gasteiger partial charge is 0.243 e. The highest BCUT2D eigenvalue weighted by atomic mass is 16.5. The summed E-state index contributed by atoms with van der Waals surface area (Å²) >= 11 is 0. The average Bonchev–Trinajstić information content (AvgIpc) is 2.86. The third-order valence-electron chi connectivity index (χ3n) is 6.44. The van der Waals surface area contributed by atoms with Gasteiger partial charge in [-0.3, -0.25) is 10.0 Å². The molecule has 3 aromatic rings. The molecule has 0 atom stereocenters. The quantitative estimate of drug-likeness (QED) is 0.247. The molecule has 2 N–H and O–H groups in total. The van der Waals surface area contributed by atoms with E-state index in [0.717, 1.165) is 85.6 Å². The van der Waals surface area contributed by atoms with Crippen molar-refractivity contribution in [3.8, 4) is 22.5 Å². The molecule has 6 heteroatoms. The lowest BCUT2D eigenvalue weighted by molar-refractivity contribution is -0.129. The number of aromatic nitrogens is 2. The molecule has 34 heavy (non-hydrogen) atoms. The minimum absolute atomic E-state index is 0.312. The molecular formula is C28H34N4O2. The van der Waals surface area contributed by atoms with Gasteiger partial charge in [-0.05, 0) is 39.5 Å². The van der Waals surface area contributed by atoms with Gasteiger partial charge in [0.2, 0.25) is 5.91 Å². The standard InChI is InChI=1S/C28H34N4O2/c1-20-10-14-22(15-11-20)26-27(23-16-12-21(2)13-17-23)30-28-24(29-26)8-7-19-32(28)18-6-4-3-5-9-25(33)31-34/h10-17,34H,3-9,18-19H2,1-2H3,(H,31,33). The van der Waals surface area contributed by atoms with Crippen LogP contribution in [0.5, 0.6) is 0 Å². The van der Waals surface area contributed by atoms with E-state index in [9.17, 15) is 4.79 Å². The van der Waals surface area contributed by atoms with E-state index in [1.54, 1.807) is 5.48 Å². The van der Waals surface area contributed by atoms with Gasteiger partial charge in [-0.2, -0.15) is 0 Å². The van der Waals surface area contributed by atoms with Gasteiger partial charge >= 0.3 is 0 Å². The van der Waals surface area contributed by atoms with E-state index in [4.69, 9.17) is 15.2 Å². The van der Waals surface area contributed by atoms with Crippen molar-refractivity contribution in [1.82, 2.24) is 15.4 Å². The Bertz CT molecular complexity index is 1110. The number of amides is 1. The van der Waals surface area contributed by atoms with Crippen LogP contribution in [0, 0.1) is 13.8 Å². The maximum atomic E-state index is 11.2. The molecule has 178 valence electrons. The van der Waals surface area contributed by atoms with Crippen LogP contribution in [0.1, 0.15) is 55.3 Å². The average molecular weight is 459 g/mol. The number of fused-ring (bicyclic) bond motifs is 1. The second-order valence-electron chi connectivity index (χ2n) is 9.21. The van der Waals surface area contributed by atoms with Crippen molar-refractivity contribution in [1.29, 1.82) is 0 Å². The van der Waals surface area contributed by atoms with Crippen LogP contribution in [-0.2, 0) is 11.2 Å². The molecule has 0 radical (unpaired) electrons. The normalized spacial score (nSPS) is 13.0. The van der Waals surface area contributed by atoms with E-state index in [1.807, 2.05) is 0 Å². The first-order valence-corrected chi connectivity index (χ1v) is 12.3. The van der Waals surface area contributed by atoms with Crippen LogP contribution in [0.3, 0.4) is 0 Å². The number of benzene rings is 2. The number of carbonyl (C=O) groups is 1. The Morgan fingerprint density at radius 2 is 1.47 bits per heavy atom. The molecule has 1 aliphatic rings. The molecule has 2 heterocycles. The van der Waals surface area contributed by atoms with Gasteiger partial charge in [0.1, 0.15) is 0 Å². The van der Waals surface area contributed by atoms with Crippen LogP contribution in [0.25, 0.3) is 22.5 Å². The molecule has 0 fully saturated rings. The van der Waals surface area contributed by atoms with Crippen LogP contribution in [-0.4, -0.2) is 34.2 Å². The van der Waals surface area contributed by atoms with Crippen molar-refractivity contribution >= 4 is 11.7 Å². The topological polar surface area (TPSA) is 78.4 Å². The van der Waals surface area contributed by atoms with E-state index in [1.165, 1.54) is 11.1 Å². The Morgan fingerprint density at radius 3 is 2.09 bits per heavy atom. The predicted octanol–water partition coefficient (Wildman–Crippen LogP) is 5.64. The fraction of sp³-hybridized carbons (Fsp3) is 0.393. The first kappa shape index (κ1) is 23.9. The van der Waals surface area contributed by atoms with Gasteiger partial charge in [0.25, 0.3) is 0 Å². The SMILES string of the molecule is Cc1ccc(-c2nc3c(nc2-c2ccc(C)cc2)N(CCCCCCC(=O)NO)CCC3)cc1. The Kier molecular flexibility index (Phi) is 7.91. The summed E-state index contributed by atoms with van der Waals surface area (Å²) in [5.41, 5.74) is 9.31. The van der Waals surface area contributed by atoms with Gasteiger partial charge in [0, 0.05) is 30.6 Å². The highest BCUT2D eigenvalue weighted by Crippen LogP contribution is 2.35. The third kappa shape index (κ3) is 5.81. The van der Waals surface area contributed by atoms with Gasteiger partial charge < -0.3 is 4.90 Å². The summed E-state index contributed by atoms with van der Waals surface area (Å²) in [6.07, 6.45) is 6.25. The van der Waals surface area contributed by atoms with E-state index < -0.39 is 0 Å². The van der Waals surface area contributed by atoms with Crippen molar-refractivity contribution < 1.29 is 10.0 Å². The van der Waals surface area contributed by atoms with Gasteiger partial charge in [-0.25, -0.2) is 15.4 Å². The molecule has 0 aliphatic carbocycles. The Labute approximate surface area is 202 Å². The van der Waals surface area contributed by atoms with Crippen molar-refractivity contribution in [3.63, 3.8) is 0 Å². The predicted molar refractivity (Wildman–Crippen MR) is 136 cm³/mol. The molecule has 6 nitrogen and oxygen atoms in total. The number of carbonyl (C=O) groups excluding carboxylic acids is 1.